The Labute approximate surface area is 269 Å². The third-order valence-corrected chi connectivity index (χ3v) is 17.6. The molecule has 0 fully saturated rings. The van der Waals surface area contributed by atoms with Gasteiger partial charge in [-0.2, -0.15) is 0 Å². The molecule has 0 unspecified atom stereocenters. The first kappa shape index (κ1) is 30.8. The number of hydrogen-bond donors (Lipinski definition) is 0. The second-order valence-electron chi connectivity index (χ2n) is 8.88. The first-order chi connectivity index (χ1) is 19.1. The lowest BCUT2D eigenvalue weighted by Gasteiger charge is -2.09. The van der Waals surface area contributed by atoms with Crippen LogP contribution in [0.5, 0.6) is 0 Å². The number of ether oxygens (including phenoxy) is 2. The Morgan fingerprint density at radius 3 is 1.23 bits per heavy atom. The monoisotopic (exact) mass is 682 g/mol. The number of carbonyl (C=O) groups excluding carboxylic acids is 2. The van der Waals surface area contributed by atoms with Crippen molar-refractivity contribution in [3.63, 3.8) is 0 Å². The fraction of sp³-hybridized carbons (Fsp3) is 0.286. The zero-order valence-corrected chi connectivity index (χ0v) is 29.2. The summed E-state index contributed by atoms with van der Waals surface area (Å²) in [6.07, 6.45) is 0. The van der Waals surface area contributed by atoms with Crippen LogP contribution in [0.3, 0.4) is 0 Å². The van der Waals surface area contributed by atoms with Gasteiger partial charge in [0.2, 0.25) is 0 Å². The molecule has 12 heteroatoms. The molecule has 0 aliphatic carbocycles. The van der Waals surface area contributed by atoms with Gasteiger partial charge in [-0.05, 0) is 79.4 Å². The van der Waals surface area contributed by atoms with Crippen LogP contribution in [0.2, 0.25) is 0 Å². The van der Waals surface area contributed by atoms with Crippen molar-refractivity contribution in [2.24, 2.45) is 0 Å². The highest BCUT2D eigenvalue weighted by atomic mass is 32.2. The average Bonchev–Trinajstić information content (AvgIpc) is 3.68. The van der Waals surface area contributed by atoms with Crippen LogP contribution in [0.25, 0.3) is 0 Å². The Bertz CT molecular complexity index is 1360. The molecule has 0 radical (unpaired) electrons. The molecule has 0 atom stereocenters. The average molecular weight is 683 g/mol. The summed E-state index contributed by atoms with van der Waals surface area (Å²) >= 11 is 14.1. The molecule has 1 aromatic carbocycles. The summed E-state index contributed by atoms with van der Waals surface area (Å²) in [5.41, 5.74) is 0.669. The first-order valence-electron chi connectivity index (χ1n) is 12.2. The third-order valence-electron chi connectivity index (χ3n) is 6.02. The van der Waals surface area contributed by atoms with Crippen molar-refractivity contribution < 1.29 is 19.1 Å². The van der Waals surface area contributed by atoms with Crippen molar-refractivity contribution in [3.8, 4) is 0 Å². The van der Waals surface area contributed by atoms with Crippen molar-refractivity contribution in [2.75, 3.05) is 13.2 Å². The van der Waals surface area contributed by atoms with Crippen molar-refractivity contribution >= 4 is 106 Å². The molecule has 0 aromatic heterocycles. The van der Waals surface area contributed by atoms with Gasteiger partial charge < -0.3 is 9.47 Å². The van der Waals surface area contributed by atoms with Crippen molar-refractivity contribution in [2.45, 2.75) is 41.5 Å². The van der Waals surface area contributed by atoms with E-state index >= 15 is 0 Å². The topological polar surface area (TPSA) is 52.6 Å². The number of allylic oxidation sites excluding steroid dienone is 6. The molecule has 0 spiro atoms. The highest BCUT2D eigenvalue weighted by Gasteiger charge is 2.28. The summed E-state index contributed by atoms with van der Waals surface area (Å²) in [4.78, 5) is 35.5. The molecule has 4 heterocycles. The number of carbonyl (C=O) groups is 2. The Morgan fingerprint density at radius 1 is 0.525 bits per heavy atom. The normalized spacial score (nSPS) is 19.8. The lowest BCUT2D eigenvalue weighted by atomic mass is 10.1. The van der Waals surface area contributed by atoms with Crippen molar-refractivity contribution in [3.05, 3.63) is 91.6 Å². The Morgan fingerprint density at radius 2 is 0.850 bits per heavy atom. The first-order valence-corrected chi connectivity index (χ1v) is 18.7. The SMILES string of the molecule is CC1=C(C)SC(=C2SC(C)=C(COC(=O)c3cccc(C(=O)OCC4=C(C)SC(=C5SC(C)=C(C)S5)S4)c3)S2)S1. The molecule has 4 nitrogen and oxygen atoms in total. The number of hydrogen-bond acceptors (Lipinski definition) is 12. The predicted molar refractivity (Wildman–Crippen MR) is 184 cm³/mol. The van der Waals surface area contributed by atoms with Crippen LogP contribution in [0.4, 0.5) is 0 Å². The van der Waals surface area contributed by atoms with E-state index in [0.717, 1.165) is 19.6 Å². The van der Waals surface area contributed by atoms with Crippen molar-refractivity contribution in [1.29, 1.82) is 0 Å². The van der Waals surface area contributed by atoms with E-state index in [1.807, 2.05) is 47.0 Å². The van der Waals surface area contributed by atoms with E-state index in [1.54, 1.807) is 71.3 Å². The zero-order valence-electron chi connectivity index (χ0n) is 22.6. The molecule has 0 amide bonds. The van der Waals surface area contributed by atoms with Gasteiger partial charge in [-0.3, -0.25) is 0 Å². The van der Waals surface area contributed by atoms with Gasteiger partial charge in [0, 0.05) is 19.6 Å². The largest absolute Gasteiger partial charge is 0.457 e. The molecule has 0 saturated heterocycles. The second kappa shape index (κ2) is 13.4. The maximum Gasteiger partial charge on any atom is 0.338 e. The second-order valence-corrected chi connectivity index (χ2v) is 19.5. The lowest BCUT2D eigenvalue weighted by Crippen LogP contribution is -2.11. The maximum absolute atomic E-state index is 12.9. The molecule has 40 heavy (non-hydrogen) atoms. The van der Waals surface area contributed by atoms with E-state index in [1.165, 1.54) is 36.6 Å². The van der Waals surface area contributed by atoms with Crippen LogP contribution in [0, 0.1) is 0 Å². The van der Waals surface area contributed by atoms with Crippen molar-refractivity contribution in [1.82, 2.24) is 0 Å². The molecule has 4 aliphatic rings. The van der Waals surface area contributed by atoms with Gasteiger partial charge in [-0.1, -0.05) is 100 Å². The van der Waals surface area contributed by atoms with Gasteiger partial charge in [0.25, 0.3) is 0 Å². The van der Waals surface area contributed by atoms with Crippen LogP contribution in [-0.4, -0.2) is 25.2 Å². The predicted octanol–water partition coefficient (Wildman–Crippen LogP) is 11.1. The van der Waals surface area contributed by atoms with Gasteiger partial charge in [0.15, 0.2) is 0 Å². The summed E-state index contributed by atoms with van der Waals surface area (Å²) in [5, 5.41) is 0. The minimum atomic E-state index is -0.456. The maximum atomic E-state index is 12.9. The minimum absolute atomic E-state index is 0.208. The summed E-state index contributed by atoms with van der Waals surface area (Å²) in [6, 6.07) is 6.56. The minimum Gasteiger partial charge on any atom is -0.457 e. The summed E-state index contributed by atoms with van der Waals surface area (Å²) in [5.74, 6) is -0.911. The van der Waals surface area contributed by atoms with Crippen LogP contribution in [0.1, 0.15) is 62.3 Å². The number of thioether (sulfide) groups is 8. The summed E-state index contributed by atoms with van der Waals surface area (Å²) in [6.45, 7) is 13.1. The molecular weight excluding hydrogens is 657 g/mol. The Balaban J connectivity index is 1.14. The number of benzene rings is 1. The van der Waals surface area contributed by atoms with Crippen LogP contribution >= 0.6 is 94.1 Å². The molecule has 0 N–H and O–H groups in total. The van der Waals surface area contributed by atoms with E-state index in [9.17, 15) is 9.59 Å². The van der Waals surface area contributed by atoms with Crippen LogP contribution in [0.15, 0.2) is 80.5 Å². The number of esters is 2. The van der Waals surface area contributed by atoms with Crippen LogP contribution < -0.4 is 0 Å². The Hall–Kier alpha value is -0.600. The zero-order chi connectivity index (χ0) is 28.6. The molecular formula is C28H26O4S8. The standard InChI is InChI=1S/C28H26O4S8/c1-13-14(2)34-25(33-13)27-37-17(5)21(39-27)11-31-23(29)19-8-7-9-20(10-19)24(30)32-12-22-18(6)38-28(40-22)26-35-15(3)16(4)36-26/h7-10H,11-12H2,1-6H3. The highest BCUT2D eigenvalue weighted by Crippen LogP contribution is 2.60. The van der Waals surface area contributed by atoms with E-state index in [-0.39, 0.29) is 13.2 Å². The van der Waals surface area contributed by atoms with E-state index in [0.29, 0.717) is 11.1 Å². The summed E-state index contributed by atoms with van der Waals surface area (Å²) < 4.78 is 16.4. The molecule has 210 valence electrons. The third kappa shape index (κ3) is 7.12. The van der Waals surface area contributed by atoms with Gasteiger partial charge in [-0.15, -0.1) is 0 Å². The van der Waals surface area contributed by atoms with Gasteiger partial charge in [0.05, 0.1) is 28.1 Å². The van der Waals surface area contributed by atoms with E-state index in [4.69, 9.17) is 9.47 Å². The highest BCUT2D eigenvalue weighted by molar-refractivity contribution is 8.35. The fourth-order valence-corrected chi connectivity index (χ4v) is 14.2. The van der Waals surface area contributed by atoms with Gasteiger partial charge in [-0.25, -0.2) is 9.59 Å². The van der Waals surface area contributed by atoms with E-state index in [2.05, 4.69) is 41.5 Å². The molecule has 0 bridgehead atoms. The summed E-state index contributed by atoms with van der Waals surface area (Å²) in [7, 11) is 0. The van der Waals surface area contributed by atoms with Crippen LogP contribution in [-0.2, 0) is 9.47 Å². The quantitative estimate of drug-likeness (QED) is 0.268. The van der Waals surface area contributed by atoms with Gasteiger partial charge >= 0.3 is 11.9 Å². The van der Waals surface area contributed by atoms with E-state index < -0.39 is 11.9 Å². The molecule has 5 rings (SSSR count). The fourth-order valence-electron chi connectivity index (χ4n) is 3.48. The number of rotatable bonds is 6. The lowest BCUT2D eigenvalue weighted by molar-refractivity contribution is 0.0545. The van der Waals surface area contributed by atoms with Gasteiger partial charge in [0.1, 0.15) is 13.2 Å². The molecule has 0 saturated carbocycles. The Kier molecular flexibility index (Phi) is 10.3. The molecule has 1 aromatic rings. The molecule has 4 aliphatic heterocycles. The smallest absolute Gasteiger partial charge is 0.338 e.